The van der Waals surface area contributed by atoms with Crippen molar-refractivity contribution in [1.29, 1.82) is 0 Å². The first kappa shape index (κ1) is 13.6. The van der Waals surface area contributed by atoms with Crippen LogP contribution >= 0.6 is 0 Å². The van der Waals surface area contributed by atoms with E-state index < -0.39 is 0 Å². The quantitative estimate of drug-likeness (QED) is 0.614. The Morgan fingerprint density at radius 2 is 2.37 bits per heavy atom. The van der Waals surface area contributed by atoms with Crippen molar-refractivity contribution < 1.29 is 9.15 Å². The molecule has 0 radical (unpaired) electrons. The van der Waals surface area contributed by atoms with E-state index in [9.17, 15) is 0 Å². The van der Waals surface area contributed by atoms with Crippen LogP contribution in [0.5, 0.6) is 5.75 Å². The minimum Gasteiger partial charge on any atom is -0.493 e. The van der Waals surface area contributed by atoms with Crippen molar-refractivity contribution >= 4 is 0 Å². The Hall–Kier alpha value is -1.79. The van der Waals surface area contributed by atoms with Gasteiger partial charge in [0.15, 0.2) is 5.75 Å². The molecule has 2 aromatic rings. The molecule has 0 amide bonds. The van der Waals surface area contributed by atoms with E-state index in [1.54, 1.807) is 19.6 Å². The highest BCUT2D eigenvalue weighted by atomic mass is 16.5. The molecule has 0 fully saturated rings. The van der Waals surface area contributed by atoms with Gasteiger partial charge >= 0.3 is 0 Å². The molecule has 6 nitrogen and oxygen atoms in total. The van der Waals surface area contributed by atoms with Crippen molar-refractivity contribution in [3.05, 3.63) is 35.5 Å². The first-order valence-corrected chi connectivity index (χ1v) is 6.32. The molecule has 104 valence electrons. The van der Waals surface area contributed by atoms with Gasteiger partial charge in [-0.1, -0.05) is 6.92 Å². The Morgan fingerprint density at radius 3 is 2.89 bits per heavy atom. The number of ether oxygens (including phenoxy) is 1. The van der Waals surface area contributed by atoms with Crippen molar-refractivity contribution in [2.45, 2.75) is 32.9 Å². The fourth-order valence-electron chi connectivity index (χ4n) is 2.18. The van der Waals surface area contributed by atoms with Crippen LogP contribution in [0, 0.1) is 6.92 Å². The number of methoxy groups -OCH3 is 1. The van der Waals surface area contributed by atoms with Crippen LogP contribution in [-0.2, 0) is 6.54 Å². The summed E-state index contributed by atoms with van der Waals surface area (Å²) in [7, 11) is 1.62. The zero-order valence-corrected chi connectivity index (χ0v) is 11.5. The fraction of sp³-hybridized carbons (Fsp3) is 0.462. The molecule has 0 saturated heterocycles. The third-order valence-electron chi connectivity index (χ3n) is 3.10. The van der Waals surface area contributed by atoms with Crippen molar-refractivity contribution in [2.75, 3.05) is 7.11 Å². The zero-order chi connectivity index (χ0) is 13.8. The maximum Gasteiger partial charge on any atom is 0.162 e. The first-order valence-electron chi connectivity index (χ1n) is 6.32. The summed E-state index contributed by atoms with van der Waals surface area (Å²) in [5.41, 5.74) is 4.70. The van der Waals surface area contributed by atoms with Crippen LogP contribution in [-0.4, -0.2) is 16.9 Å². The number of rotatable bonds is 6. The summed E-state index contributed by atoms with van der Waals surface area (Å²) in [6.45, 7) is 4.88. The Morgan fingerprint density at radius 1 is 1.58 bits per heavy atom. The number of aryl methyl sites for hydroxylation is 2. The summed E-state index contributed by atoms with van der Waals surface area (Å²) in [5, 5.41) is 4.34. The van der Waals surface area contributed by atoms with E-state index in [1.165, 1.54) is 0 Å². The second-order valence-electron chi connectivity index (χ2n) is 4.39. The molecule has 0 aliphatic heterocycles. The smallest absolute Gasteiger partial charge is 0.162 e. The van der Waals surface area contributed by atoms with Gasteiger partial charge < -0.3 is 9.15 Å². The van der Waals surface area contributed by atoms with Crippen molar-refractivity contribution in [3.63, 3.8) is 0 Å². The third-order valence-corrected chi connectivity index (χ3v) is 3.10. The lowest BCUT2D eigenvalue weighted by molar-refractivity contribution is 0.382. The highest BCUT2D eigenvalue weighted by Gasteiger charge is 2.26. The molecule has 2 aromatic heterocycles. The third kappa shape index (κ3) is 2.50. The van der Waals surface area contributed by atoms with E-state index >= 15 is 0 Å². The van der Waals surface area contributed by atoms with Crippen molar-refractivity contribution in [1.82, 2.24) is 15.2 Å². The average Bonchev–Trinajstić information content (AvgIpc) is 3.00. The Kier molecular flexibility index (Phi) is 4.24. The second-order valence-corrected chi connectivity index (χ2v) is 4.39. The predicted molar refractivity (Wildman–Crippen MR) is 71.7 cm³/mol. The molecule has 2 rings (SSSR count). The Labute approximate surface area is 112 Å². The highest BCUT2D eigenvalue weighted by Crippen LogP contribution is 2.31. The summed E-state index contributed by atoms with van der Waals surface area (Å²) in [6.07, 6.45) is 4.34. The lowest BCUT2D eigenvalue weighted by atomic mass is 10.1. The molecule has 0 aliphatic carbocycles. The number of nitrogens with one attached hydrogen (secondary N) is 1. The van der Waals surface area contributed by atoms with Crippen LogP contribution < -0.4 is 16.0 Å². The lowest BCUT2D eigenvalue weighted by Crippen LogP contribution is -2.31. The molecule has 1 atom stereocenters. The molecule has 3 N–H and O–H groups in total. The standard InChI is InChI=1S/C13H20N4O2/c1-4-6-17-12(10(18-3)8-15-17)11(16-14)13-9(2)5-7-19-13/h5,7-8,11,16H,4,6,14H2,1-3H3. The number of hydrogen-bond acceptors (Lipinski definition) is 5. The predicted octanol–water partition coefficient (Wildman–Crippen LogP) is 1.76. The van der Waals surface area contributed by atoms with E-state index in [2.05, 4.69) is 17.4 Å². The van der Waals surface area contributed by atoms with Gasteiger partial charge in [0.25, 0.3) is 0 Å². The maximum atomic E-state index is 5.71. The van der Waals surface area contributed by atoms with Crippen LogP contribution in [0.25, 0.3) is 0 Å². The van der Waals surface area contributed by atoms with E-state index in [1.807, 2.05) is 17.7 Å². The van der Waals surface area contributed by atoms with Gasteiger partial charge in [-0.2, -0.15) is 5.10 Å². The van der Waals surface area contributed by atoms with E-state index in [0.717, 1.165) is 30.0 Å². The van der Waals surface area contributed by atoms with Gasteiger partial charge in [0.05, 0.1) is 19.6 Å². The molecule has 2 heterocycles. The van der Waals surface area contributed by atoms with Crippen molar-refractivity contribution in [2.24, 2.45) is 5.84 Å². The van der Waals surface area contributed by atoms with Crippen LogP contribution in [0.2, 0.25) is 0 Å². The monoisotopic (exact) mass is 264 g/mol. The Balaban J connectivity index is 2.48. The summed E-state index contributed by atoms with van der Waals surface area (Å²) >= 11 is 0. The SMILES string of the molecule is CCCn1ncc(OC)c1C(NN)c1occc1C. The molecule has 0 spiro atoms. The van der Waals surface area contributed by atoms with Crippen molar-refractivity contribution in [3.8, 4) is 5.75 Å². The molecular formula is C13H20N4O2. The number of hydrogen-bond donors (Lipinski definition) is 2. The second kappa shape index (κ2) is 5.90. The van der Waals surface area contributed by atoms with Gasteiger partial charge in [-0.15, -0.1) is 0 Å². The number of nitrogens with zero attached hydrogens (tertiary/aromatic N) is 2. The number of nitrogens with two attached hydrogens (primary N) is 1. The van der Waals surface area contributed by atoms with Crippen LogP contribution in [0.15, 0.2) is 22.9 Å². The largest absolute Gasteiger partial charge is 0.493 e. The maximum absolute atomic E-state index is 5.71. The van der Waals surface area contributed by atoms with Crippen LogP contribution in [0.3, 0.4) is 0 Å². The van der Waals surface area contributed by atoms with E-state index in [-0.39, 0.29) is 6.04 Å². The minimum absolute atomic E-state index is 0.279. The summed E-state index contributed by atoms with van der Waals surface area (Å²) in [5.74, 6) is 7.18. The number of hydrazine groups is 1. The number of furan rings is 1. The first-order chi connectivity index (χ1) is 9.22. The molecule has 1 unspecified atom stereocenters. The molecule has 19 heavy (non-hydrogen) atoms. The van der Waals surface area contributed by atoms with Crippen LogP contribution in [0.1, 0.15) is 36.4 Å². The van der Waals surface area contributed by atoms with Gasteiger partial charge in [0.2, 0.25) is 0 Å². The normalized spacial score (nSPS) is 12.6. The molecule has 0 aliphatic rings. The molecule has 6 heteroatoms. The number of aromatic nitrogens is 2. The van der Waals surface area contributed by atoms with Gasteiger partial charge in [0.1, 0.15) is 17.5 Å². The molecule has 0 bridgehead atoms. The zero-order valence-electron chi connectivity index (χ0n) is 11.5. The van der Waals surface area contributed by atoms with Gasteiger partial charge in [-0.05, 0) is 25.0 Å². The average molecular weight is 264 g/mol. The minimum atomic E-state index is -0.279. The molecular weight excluding hydrogens is 244 g/mol. The summed E-state index contributed by atoms with van der Waals surface area (Å²) in [4.78, 5) is 0. The van der Waals surface area contributed by atoms with Gasteiger partial charge in [-0.25, -0.2) is 5.43 Å². The lowest BCUT2D eigenvalue weighted by Gasteiger charge is -2.17. The molecule has 0 aromatic carbocycles. The Bertz CT molecular complexity index is 532. The van der Waals surface area contributed by atoms with Gasteiger partial charge in [-0.3, -0.25) is 10.5 Å². The fourth-order valence-corrected chi connectivity index (χ4v) is 2.18. The van der Waals surface area contributed by atoms with Crippen LogP contribution in [0.4, 0.5) is 0 Å². The van der Waals surface area contributed by atoms with E-state index in [4.69, 9.17) is 15.0 Å². The topological polar surface area (TPSA) is 78.2 Å². The van der Waals surface area contributed by atoms with E-state index in [0.29, 0.717) is 5.75 Å². The molecule has 0 saturated carbocycles. The summed E-state index contributed by atoms with van der Waals surface area (Å²) in [6, 6.07) is 1.63. The summed E-state index contributed by atoms with van der Waals surface area (Å²) < 4.78 is 12.8. The highest BCUT2D eigenvalue weighted by molar-refractivity contribution is 5.35. The van der Waals surface area contributed by atoms with Gasteiger partial charge in [0, 0.05) is 6.54 Å².